The SMILES string of the molecule is CC(C)NCCCCOc1cc(-c2cccc(-c3ccc(C(=O)O)cc3)c2)cc2c1C(C)(C)CCC2(C)C. The average Bonchev–Trinajstić information content (AvgIpc) is 2.88. The largest absolute Gasteiger partial charge is 0.493 e. The van der Waals surface area contributed by atoms with Crippen molar-refractivity contribution < 1.29 is 14.6 Å². The maximum Gasteiger partial charge on any atom is 0.335 e. The van der Waals surface area contributed by atoms with Crippen LogP contribution in [0.4, 0.5) is 0 Å². The first kappa shape index (κ1) is 27.9. The molecule has 0 saturated carbocycles. The molecule has 3 aromatic carbocycles. The maximum absolute atomic E-state index is 11.3. The summed E-state index contributed by atoms with van der Waals surface area (Å²) in [5, 5.41) is 12.7. The van der Waals surface area contributed by atoms with Crippen molar-refractivity contribution in [1.29, 1.82) is 0 Å². The molecule has 0 heterocycles. The summed E-state index contributed by atoms with van der Waals surface area (Å²) in [5.74, 6) is 0.108. The fraction of sp³-hybridized carbons (Fsp3) is 0.441. The van der Waals surface area contributed by atoms with E-state index in [9.17, 15) is 9.90 Å². The lowest BCUT2D eigenvalue weighted by atomic mass is 9.62. The van der Waals surface area contributed by atoms with Gasteiger partial charge in [-0.2, -0.15) is 0 Å². The number of carboxylic acid groups (broad SMARTS) is 1. The Hall–Kier alpha value is -3.11. The summed E-state index contributed by atoms with van der Waals surface area (Å²) in [5.41, 5.74) is 7.55. The Labute approximate surface area is 228 Å². The Morgan fingerprint density at radius 3 is 2.18 bits per heavy atom. The van der Waals surface area contributed by atoms with Crippen LogP contribution in [-0.4, -0.2) is 30.3 Å². The lowest BCUT2D eigenvalue weighted by molar-refractivity contribution is 0.0697. The van der Waals surface area contributed by atoms with Gasteiger partial charge in [-0.05, 0) is 95.1 Å². The Balaban J connectivity index is 1.69. The fourth-order valence-electron chi connectivity index (χ4n) is 5.50. The first-order valence-electron chi connectivity index (χ1n) is 14.0. The molecular weight excluding hydrogens is 470 g/mol. The average molecular weight is 514 g/mol. The third-order valence-electron chi connectivity index (χ3n) is 7.93. The van der Waals surface area contributed by atoms with Crippen LogP contribution in [0.2, 0.25) is 0 Å². The predicted molar refractivity (Wildman–Crippen MR) is 157 cm³/mol. The minimum absolute atomic E-state index is 0.0612. The van der Waals surface area contributed by atoms with Gasteiger partial charge in [-0.1, -0.05) is 77.9 Å². The van der Waals surface area contributed by atoms with E-state index in [1.54, 1.807) is 12.1 Å². The topological polar surface area (TPSA) is 58.6 Å². The number of ether oxygens (including phenoxy) is 1. The highest BCUT2D eigenvalue weighted by Gasteiger charge is 2.39. The summed E-state index contributed by atoms with van der Waals surface area (Å²) in [6.07, 6.45) is 4.40. The minimum Gasteiger partial charge on any atom is -0.493 e. The number of carboxylic acids is 1. The summed E-state index contributed by atoms with van der Waals surface area (Å²) in [6, 6.07) is 20.7. The highest BCUT2D eigenvalue weighted by Crippen LogP contribution is 2.51. The molecule has 0 saturated heterocycles. The highest BCUT2D eigenvalue weighted by molar-refractivity contribution is 5.88. The van der Waals surface area contributed by atoms with E-state index in [4.69, 9.17) is 4.74 Å². The fourth-order valence-corrected chi connectivity index (χ4v) is 5.50. The molecule has 0 amide bonds. The number of fused-ring (bicyclic) bond motifs is 1. The molecule has 0 unspecified atom stereocenters. The number of aromatic carboxylic acids is 1. The summed E-state index contributed by atoms with van der Waals surface area (Å²) >= 11 is 0. The molecule has 1 aliphatic carbocycles. The number of carbonyl (C=O) groups is 1. The maximum atomic E-state index is 11.3. The lowest BCUT2D eigenvalue weighted by Gasteiger charge is -2.43. The number of benzene rings is 3. The molecule has 0 atom stereocenters. The number of rotatable bonds is 10. The van der Waals surface area contributed by atoms with Crippen LogP contribution in [-0.2, 0) is 10.8 Å². The predicted octanol–water partition coefficient (Wildman–Crippen LogP) is 8.22. The van der Waals surface area contributed by atoms with Crippen molar-refractivity contribution in [3.8, 4) is 28.0 Å². The summed E-state index contributed by atoms with van der Waals surface area (Å²) < 4.78 is 6.57. The molecule has 4 heteroatoms. The second-order valence-corrected chi connectivity index (χ2v) is 12.3. The molecule has 0 spiro atoms. The smallest absolute Gasteiger partial charge is 0.335 e. The van der Waals surface area contributed by atoms with Crippen molar-refractivity contribution in [1.82, 2.24) is 5.32 Å². The molecule has 0 bridgehead atoms. The van der Waals surface area contributed by atoms with Gasteiger partial charge < -0.3 is 15.2 Å². The number of hydrogen-bond acceptors (Lipinski definition) is 3. The zero-order valence-corrected chi connectivity index (χ0v) is 23.9. The molecule has 0 aliphatic heterocycles. The number of hydrogen-bond donors (Lipinski definition) is 2. The van der Waals surface area contributed by atoms with Crippen molar-refractivity contribution in [2.75, 3.05) is 13.2 Å². The monoisotopic (exact) mass is 513 g/mol. The molecule has 0 radical (unpaired) electrons. The third kappa shape index (κ3) is 6.30. The first-order valence-corrected chi connectivity index (χ1v) is 14.0. The van der Waals surface area contributed by atoms with Crippen molar-refractivity contribution in [2.24, 2.45) is 0 Å². The Morgan fingerprint density at radius 1 is 0.868 bits per heavy atom. The highest BCUT2D eigenvalue weighted by atomic mass is 16.5. The second-order valence-electron chi connectivity index (χ2n) is 12.3. The summed E-state index contributed by atoms with van der Waals surface area (Å²) in [7, 11) is 0. The van der Waals surface area contributed by atoms with Gasteiger partial charge in [0.05, 0.1) is 12.2 Å². The molecule has 4 nitrogen and oxygen atoms in total. The van der Waals surface area contributed by atoms with Crippen molar-refractivity contribution in [3.05, 3.63) is 77.4 Å². The number of nitrogens with one attached hydrogen (secondary N) is 1. The van der Waals surface area contributed by atoms with Gasteiger partial charge in [0.2, 0.25) is 0 Å². The van der Waals surface area contributed by atoms with E-state index >= 15 is 0 Å². The van der Waals surface area contributed by atoms with Crippen molar-refractivity contribution in [3.63, 3.8) is 0 Å². The van der Waals surface area contributed by atoms with Gasteiger partial charge in [0.25, 0.3) is 0 Å². The van der Waals surface area contributed by atoms with Gasteiger partial charge in [-0.3, -0.25) is 0 Å². The zero-order valence-electron chi connectivity index (χ0n) is 23.9. The Morgan fingerprint density at radius 2 is 1.53 bits per heavy atom. The van der Waals surface area contributed by atoms with E-state index in [2.05, 4.69) is 83.3 Å². The molecular formula is C34H43NO3. The van der Waals surface area contributed by atoms with Gasteiger partial charge in [-0.15, -0.1) is 0 Å². The molecule has 38 heavy (non-hydrogen) atoms. The molecule has 202 valence electrons. The zero-order chi connectivity index (χ0) is 27.5. The molecule has 3 aromatic rings. The van der Waals surface area contributed by atoms with Crippen LogP contribution in [0.5, 0.6) is 5.75 Å². The Kier molecular flexibility index (Phi) is 8.32. The van der Waals surface area contributed by atoms with Crippen LogP contribution in [0.3, 0.4) is 0 Å². The molecule has 0 aromatic heterocycles. The quantitative estimate of drug-likeness (QED) is 0.268. The van der Waals surface area contributed by atoms with Gasteiger partial charge in [-0.25, -0.2) is 4.79 Å². The van der Waals surface area contributed by atoms with Gasteiger partial charge in [0, 0.05) is 11.6 Å². The van der Waals surface area contributed by atoms with Crippen molar-refractivity contribution in [2.45, 2.75) is 84.1 Å². The molecule has 4 rings (SSSR count). The lowest BCUT2D eigenvalue weighted by Crippen LogP contribution is -2.34. The summed E-state index contributed by atoms with van der Waals surface area (Å²) in [4.78, 5) is 11.3. The van der Waals surface area contributed by atoms with E-state index in [0.29, 0.717) is 18.2 Å². The van der Waals surface area contributed by atoms with Crippen LogP contribution in [0.25, 0.3) is 22.3 Å². The van der Waals surface area contributed by atoms with E-state index in [1.807, 2.05) is 12.1 Å². The molecule has 1 aliphatic rings. The normalized spacial score (nSPS) is 15.8. The van der Waals surface area contributed by atoms with E-state index < -0.39 is 5.97 Å². The van der Waals surface area contributed by atoms with E-state index in [0.717, 1.165) is 60.2 Å². The van der Waals surface area contributed by atoms with Crippen LogP contribution in [0.15, 0.2) is 60.7 Å². The van der Waals surface area contributed by atoms with Crippen molar-refractivity contribution >= 4 is 5.97 Å². The Bertz CT molecular complexity index is 1270. The molecule has 2 N–H and O–H groups in total. The minimum atomic E-state index is -0.909. The second kappa shape index (κ2) is 11.3. The van der Waals surface area contributed by atoms with Crippen LogP contribution >= 0.6 is 0 Å². The standard InChI is InChI=1S/C34H43NO3/c1-23(2)35-18-7-8-19-38-30-22-28(21-29-31(30)34(5,6)17-16-33(29,3)4)27-11-9-10-26(20-27)24-12-14-25(15-13-24)32(36)37/h9-15,20-23,35H,7-8,16-19H2,1-6H3,(H,36,37). The summed E-state index contributed by atoms with van der Waals surface area (Å²) in [6.45, 7) is 15.5. The van der Waals surface area contributed by atoms with Crippen LogP contribution < -0.4 is 10.1 Å². The molecule has 0 fully saturated rings. The van der Waals surface area contributed by atoms with Crippen LogP contribution in [0.1, 0.15) is 88.7 Å². The van der Waals surface area contributed by atoms with Gasteiger partial charge >= 0.3 is 5.97 Å². The van der Waals surface area contributed by atoms with Gasteiger partial charge in [0.15, 0.2) is 0 Å². The van der Waals surface area contributed by atoms with E-state index in [-0.39, 0.29) is 10.8 Å². The number of unbranched alkanes of at least 4 members (excludes halogenated alkanes) is 1. The van der Waals surface area contributed by atoms with Crippen LogP contribution in [0, 0.1) is 0 Å². The van der Waals surface area contributed by atoms with Gasteiger partial charge in [0.1, 0.15) is 5.75 Å². The first-order chi connectivity index (χ1) is 18.0. The third-order valence-corrected chi connectivity index (χ3v) is 7.93. The van der Waals surface area contributed by atoms with E-state index in [1.165, 1.54) is 11.1 Å².